The van der Waals surface area contributed by atoms with E-state index in [9.17, 15) is 26.3 Å². The molecule has 2 aromatic rings. The van der Waals surface area contributed by atoms with E-state index in [2.05, 4.69) is 44.4 Å². The Bertz CT molecular complexity index is 1340. The first-order valence-electron chi connectivity index (χ1n) is 14.7. The van der Waals surface area contributed by atoms with Gasteiger partial charge in [-0.25, -0.2) is 0 Å². The first-order chi connectivity index (χ1) is 19.1. The number of nitrogens with zero attached hydrogens (tertiary/aromatic N) is 1. The normalized spacial score (nSPS) is 23.0. The van der Waals surface area contributed by atoms with Crippen molar-refractivity contribution in [3.8, 4) is 0 Å². The molecule has 5 rings (SSSR count). The van der Waals surface area contributed by atoms with Gasteiger partial charge in [-0.3, -0.25) is 0 Å². The molecule has 0 spiro atoms. The molecule has 7 heteroatoms. The average Bonchev–Trinajstić information content (AvgIpc) is 3.45. The van der Waals surface area contributed by atoms with Crippen LogP contribution in [0.25, 0.3) is 5.57 Å². The zero-order valence-corrected chi connectivity index (χ0v) is 24.3. The van der Waals surface area contributed by atoms with Crippen LogP contribution in [0, 0.1) is 5.41 Å². The summed E-state index contributed by atoms with van der Waals surface area (Å²) in [6, 6.07) is 6.46. The van der Waals surface area contributed by atoms with Crippen molar-refractivity contribution in [1.82, 2.24) is 4.90 Å². The SMILES string of the molecule is C=C1CC(c2cc(C(F)(F)F)cc(C(F)(F)F)c2)C(C)N1CC1=C(c2cc3c(cc2CC)CCC3)CCC(C)(C)C1. The molecule has 2 atom stereocenters. The molecule has 3 aliphatic rings. The van der Waals surface area contributed by atoms with Gasteiger partial charge in [0, 0.05) is 24.2 Å². The first kappa shape index (κ1) is 29.8. The molecule has 0 amide bonds. The van der Waals surface area contributed by atoms with E-state index in [0.29, 0.717) is 13.0 Å². The van der Waals surface area contributed by atoms with Crippen LogP contribution >= 0.6 is 0 Å². The van der Waals surface area contributed by atoms with Gasteiger partial charge in [-0.1, -0.05) is 39.5 Å². The summed E-state index contributed by atoms with van der Waals surface area (Å²) >= 11 is 0. The van der Waals surface area contributed by atoms with Crippen LogP contribution in [0.5, 0.6) is 0 Å². The number of alkyl halides is 6. The van der Waals surface area contributed by atoms with Gasteiger partial charge in [0.2, 0.25) is 0 Å². The van der Waals surface area contributed by atoms with E-state index in [1.54, 1.807) is 0 Å². The second kappa shape index (κ2) is 10.5. The Kier molecular flexibility index (Phi) is 7.65. The molecule has 2 aromatic carbocycles. The number of aryl methyl sites for hydroxylation is 3. The maximum atomic E-state index is 13.6. The lowest BCUT2D eigenvalue weighted by molar-refractivity contribution is -0.143. The van der Waals surface area contributed by atoms with Crippen molar-refractivity contribution in [3.63, 3.8) is 0 Å². The highest BCUT2D eigenvalue weighted by molar-refractivity contribution is 5.74. The van der Waals surface area contributed by atoms with Crippen molar-refractivity contribution in [2.24, 2.45) is 5.41 Å². The summed E-state index contributed by atoms with van der Waals surface area (Å²) in [5.74, 6) is -0.516. The Morgan fingerprint density at radius 3 is 2.10 bits per heavy atom. The van der Waals surface area contributed by atoms with Crippen molar-refractivity contribution in [2.75, 3.05) is 6.54 Å². The van der Waals surface area contributed by atoms with Crippen LogP contribution < -0.4 is 0 Å². The van der Waals surface area contributed by atoms with E-state index in [4.69, 9.17) is 0 Å². The molecule has 1 heterocycles. The smallest absolute Gasteiger partial charge is 0.368 e. The van der Waals surface area contributed by atoms with Gasteiger partial charge in [-0.2, -0.15) is 26.3 Å². The van der Waals surface area contributed by atoms with E-state index >= 15 is 0 Å². The molecule has 41 heavy (non-hydrogen) atoms. The summed E-state index contributed by atoms with van der Waals surface area (Å²) in [7, 11) is 0. The number of halogens is 6. The molecule has 1 fully saturated rings. The predicted octanol–water partition coefficient (Wildman–Crippen LogP) is 10.1. The van der Waals surface area contributed by atoms with Gasteiger partial charge < -0.3 is 4.90 Å². The highest BCUT2D eigenvalue weighted by Gasteiger charge is 2.41. The van der Waals surface area contributed by atoms with Crippen LogP contribution in [-0.4, -0.2) is 17.5 Å². The topological polar surface area (TPSA) is 3.24 Å². The molecule has 0 aromatic heterocycles. The monoisotopic (exact) mass is 575 g/mol. The summed E-state index contributed by atoms with van der Waals surface area (Å²) in [5.41, 5.74) is 6.62. The minimum Gasteiger partial charge on any atom is -0.368 e. The molecule has 0 radical (unpaired) electrons. The fourth-order valence-electron chi connectivity index (χ4n) is 7.24. The summed E-state index contributed by atoms with van der Waals surface area (Å²) in [5, 5.41) is 0. The molecule has 2 unspecified atom stereocenters. The number of likely N-dealkylation sites (tertiary alicyclic amines) is 1. The fourth-order valence-corrected chi connectivity index (χ4v) is 7.24. The maximum Gasteiger partial charge on any atom is 0.416 e. The standard InChI is InChI=1S/C34H39F6N/c1-6-22-13-23-8-7-9-24(23)16-31(22)29-10-11-32(4,5)18-26(29)19-41-20(2)12-30(21(41)3)25-14-27(33(35,36)37)17-28(15-25)34(38,39)40/h13-17,21,30H,2,6-12,18-19H2,1,3-5H3. The van der Waals surface area contributed by atoms with Crippen LogP contribution in [-0.2, 0) is 31.6 Å². The first-order valence-corrected chi connectivity index (χ1v) is 14.7. The number of hydrogen-bond acceptors (Lipinski definition) is 1. The van der Waals surface area contributed by atoms with Crippen LogP contribution in [0.4, 0.5) is 26.3 Å². The van der Waals surface area contributed by atoms with Gasteiger partial charge in [0.25, 0.3) is 0 Å². The molecule has 1 aliphatic heterocycles. The molecule has 2 aliphatic carbocycles. The van der Waals surface area contributed by atoms with Gasteiger partial charge in [-0.15, -0.1) is 0 Å². The Labute approximate surface area is 239 Å². The van der Waals surface area contributed by atoms with E-state index in [1.165, 1.54) is 39.8 Å². The van der Waals surface area contributed by atoms with Crippen molar-refractivity contribution < 1.29 is 26.3 Å². The number of hydrogen-bond donors (Lipinski definition) is 0. The lowest BCUT2D eigenvalue weighted by atomic mass is 9.72. The van der Waals surface area contributed by atoms with E-state index in [1.807, 2.05) is 6.92 Å². The molecular formula is C34H39F6N. The molecule has 1 nitrogen and oxygen atoms in total. The van der Waals surface area contributed by atoms with Gasteiger partial charge in [-0.05, 0) is 121 Å². The van der Waals surface area contributed by atoms with Crippen LogP contribution in [0.2, 0.25) is 0 Å². The largest absolute Gasteiger partial charge is 0.416 e. The van der Waals surface area contributed by atoms with Crippen LogP contribution in [0.3, 0.4) is 0 Å². The third-order valence-corrected chi connectivity index (χ3v) is 9.53. The zero-order valence-electron chi connectivity index (χ0n) is 24.3. The summed E-state index contributed by atoms with van der Waals surface area (Å²) in [6.07, 6.45) is -2.16. The lowest BCUT2D eigenvalue weighted by Gasteiger charge is -2.37. The predicted molar refractivity (Wildman–Crippen MR) is 152 cm³/mol. The Balaban J connectivity index is 1.52. The molecular weight excluding hydrogens is 536 g/mol. The maximum absolute atomic E-state index is 13.6. The highest BCUT2D eigenvalue weighted by atomic mass is 19.4. The molecule has 1 saturated heterocycles. The molecule has 0 N–H and O–H groups in total. The fraction of sp³-hybridized carbons (Fsp3) is 0.529. The van der Waals surface area contributed by atoms with Gasteiger partial charge in [0.1, 0.15) is 0 Å². The zero-order chi connectivity index (χ0) is 29.9. The quantitative estimate of drug-likeness (QED) is 0.321. The van der Waals surface area contributed by atoms with E-state index < -0.39 is 29.4 Å². The summed E-state index contributed by atoms with van der Waals surface area (Å²) in [4.78, 5) is 2.12. The van der Waals surface area contributed by atoms with Gasteiger partial charge in [0.05, 0.1) is 11.1 Å². The minimum atomic E-state index is -4.87. The van der Waals surface area contributed by atoms with Crippen molar-refractivity contribution in [2.45, 2.75) is 103 Å². The Morgan fingerprint density at radius 1 is 0.902 bits per heavy atom. The molecule has 222 valence electrons. The van der Waals surface area contributed by atoms with Crippen LogP contribution in [0.15, 0.2) is 48.2 Å². The Morgan fingerprint density at radius 2 is 1.51 bits per heavy atom. The van der Waals surface area contributed by atoms with E-state index in [-0.39, 0.29) is 23.1 Å². The summed E-state index contributed by atoms with van der Waals surface area (Å²) < 4.78 is 81.6. The van der Waals surface area contributed by atoms with Crippen molar-refractivity contribution in [3.05, 3.63) is 87.1 Å². The van der Waals surface area contributed by atoms with Crippen molar-refractivity contribution in [1.29, 1.82) is 0 Å². The number of benzene rings is 2. The Hall–Kier alpha value is -2.70. The second-order valence-electron chi connectivity index (χ2n) is 13.0. The van der Waals surface area contributed by atoms with Crippen molar-refractivity contribution >= 4 is 5.57 Å². The minimum absolute atomic E-state index is 0.0633. The number of rotatable bonds is 5. The molecule has 0 bridgehead atoms. The van der Waals surface area contributed by atoms with Gasteiger partial charge in [0.15, 0.2) is 0 Å². The average molecular weight is 576 g/mol. The number of allylic oxidation sites excluding steroid dienone is 2. The van der Waals surface area contributed by atoms with E-state index in [0.717, 1.165) is 56.4 Å². The third kappa shape index (κ3) is 5.96. The molecule has 0 saturated carbocycles. The lowest BCUT2D eigenvalue weighted by Crippen LogP contribution is -2.33. The second-order valence-corrected chi connectivity index (χ2v) is 13.0. The number of fused-ring (bicyclic) bond motifs is 1. The van der Waals surface area contributed by atoms with Gasteiger partial charge >= 0.3 is 12.4 Å². The summed E-state index contributed by atoms with van der Waals surface area (Å²) in [6.45, 7) is 13.4. The highest BCUT2D eigenvalue weighted by Crippen LogP contribution is 2.48. The van der Waals surface area contributed by atoms with Crippen LogP contribution in [0.1, 0.15) is 105 Å². The third-order valence-electron chi connectivity index (χ3n) is 9.53.